The molecule has 0 saturated heterocycles. The maximum atomic E-state index is 12.2. The van der Waals surface area contributed by atoms with Crippen molar-refractivity contribution in [3.8, 4) is 11.8 Å². The van der Waals surface area contributed by atoms with Crippen LogP contribution in [0.1, 0.15) is 32.6 Å². The lowest BCUT2D eigenvalue weighted by molar-refractivity contribution is -0.152. The van der Waals surface area contributed by atoms with Gasteiger partial charge in [0, 0.05) is 30.3 Å². The normalized spacial score (nSPS) is 23.7. The Balaban J connectivity index is 1.51. The summed E-state index contributed by atoms with van der Waals surface area (Å²) in [7, 11) is 0. The fourth-order valence-corrected chi connectivity index (χ4v) is 3.31. The van der Waals surface area contributed by atoms with Crippen LogP contribution in [0.15, 0.2) is 23.8 Å². The zero-order valence-corrected chi connectivity index (χ0v) is 13.8. The highest BCUT2D eigenvalue weighted by Crippen LogP contribution is 2.31. The van der Waals surface area contributed by atoms with Crippen molar-refractivity contribution in [3.05, 3.63) is 23.8 Å². The number of nitrogens with zero attached hydrogens (tertiary/aromatic N) is 2. The molecule has 2 amide bonds. The van der Waals surface area contributed by atoms with Crippen LogP contribution in [0.3, 0.4) is 0 Å². The second kappa shape index (κ2) is 6.62. The van der Waals surface area contributed by atoms with E-state index in [1.807, 2.05) is 0 Å². The van der Waals surface area contributed by atoms with Crippen LogP contribution in [0.5, 0.6) is 11.8 Å². The minimum Gasteiger partial charge on any atom is -0.492 e. The van der Waals surface area contributed by atoms with Gasteiger partial charge in [-0.15, -0.1) is 4.73 Å². The molecule has 1 aliphatic carbocycles. The van der Waals surface area contributed by atoms with Gasteiger partial charge in [0.15, 0.2) is 0 Å². The number of carbonyl (C=O) groups is 3. The summed E-state index contributed by atoms with van der Waals surface area (Å²) >= 11 is 0. The molecule has 25 heavy (non-hydrogen) atoms. The van der Waals surface area contributed by atoms with Gasteiger partial charge < -0.3 is 15.1 Å². The van der Waals surface area contributed by atoms with E-state index in [4.69, 9.17) is 4.84 Å². The first-order valence-corrected chi connectivity index (χ1v) is 8.22. The Morgan fingerprint density at radius 2 is 1.76 bits per heavy atom. The molecule has 0 atom stereocenters. The Hall–Kier alpha value is -2.77. The number of amides is 2. The van der Waals surface area contributed by atoms with E-state index in [0.29, 0.717) is 42.5 Å². The predicted molar refractivity (Wildman–Crippen MR) is 85.3 cm³/mol. The highest BCUT2D eigenvalue weighted by molar-refractivity contribution is 6.15. The maximum Gasteiger partial charge on any atom is 0.336 e. The van der Waals surface area contributed by atoms with Gasteiger partial charge in [-0.3, -0.25) is 14.5 Å². The number of hydrogen-bond acceptors (Lipinski definition) is 6. The molecule has 8 nitrogen and oxygen atoms in total. The molecule has 0 spiro atoms. The summed E-state index contributed by atoms with van der Waals surface area (Å²) in [6.07, 6.45) is 3.87. The Morgan fingerprint density at radius 1 is 1.16 bits per heavy atom. The van der Waals surface area contributed by atoms with Gasteiger partial charge in [0.1, 0.15) is 0 Å². The van der Waals surface area contributed by atoms with Crippen LogP contribution in [0.2, 0.25) is 0 Å². The van der Waals surface area contributed by atoms with Crippen LogP contribution in [0.25, 0.3) is 0 Å². The van der Waals surface area contributed by atoms with Crippen LogP contribution >= 0.6 is 0 Å². The van der Waals surface area contributed by atoms with Crippen molar-refractivity contribution in [2.24, 2.45) is 11.8 Å². The Bertz CT molecular complexity index is 723. The lowest BCUT2D eigenvalue weighted by Gasteiger charge is -2.29. The van der Waals surface area contributed by atoms with Crippen molar-refractivity contribution in [3.63, 3.8) is 0 Å². The number of imide groups is 1. The SMILES string of the molecule is CC1=CC(=O)N(CC2CCC(C(=O)On3c(O)ccc3O)CC2)C1=O. The van der Waals surface area contributed by atoms with Crippen LogP contribution < -0.4 is 4.84 Å². The van der Waals surface area contributed by atoms with Gasteiger partial charge in [-0.25, -0.2) is 4.79 Å². The molecule has 1 fully saturated rings. The highest BCUT2D eigenvalue weighted by atomic mass is 16.7. The Labute approximate surface area is 144 Å². The van der Waals surface area contributed by atoms with Crippen molar-refractivity contribution in [2.45, 2.75) is 32.6 Å². The van der Waals surface area contributed by atoms with E-state index in [0.717, 1.165) is 0 Å². The number of aromatic hydroxyl groups is 2. The Morgan fingerprint density at radius 3 is 2.28 bits per heavy atom. The molecule has 1 aliphatic heterocycles. The average molecular weight is 348 g/mol. The standard InChI is InChI=1S/C17H20N2O6/c1-10-8-15(22)18(16(10)23)9-11-2-4-12(5-3-11)17(24)25-19-13(20)6-7-14(19)21/h6-8,11-12,20-21H,2-5,9H2,1H3. The van der Waals surface area contributed by atoms with Gasteiger partial charge >= 0.3 is 5.97 Å². The van der Waals surface area contributed by atoms with E-state index < -0.39 is 5.97 Å². The lowest BCUT2D eigenvalue weighted by atomic mass is 9.82. The number of carbonyl (C=O) groups excluding carboxylic acids is 3. The van der Waals surface area contributed by atoms with Crippen molar-refractivity contribution in [1.82, 2.24) is 9.63 Å². The number of aromatic nitrogens is 1. The molecule has 2 aliphatic rings. The smallest absolute Gasteiger partial charge is 0.336 e. The minimum atomic E-state index is -0.522. The average Bonchev–Trinajstić information content (AvgIpc) is 3.02. The second-order valence-corrected chi connectivity index (χ2v) is 6.55. The van der Waals surface area contributed by atoms with Crippen molar-refractivity contribution < 1.29 is 29.4 Å². The zero-order chi connectivity index (χ0) is 18.1. The van der Waals surface area contributed by atoms with Crippen molar-refractivity contribution in [2.75, 3.05) is 6.54 Å². The predicted octanol–water partition coefficient (Wildman–Crippen LogP) is 0.976. The van der Waals surface area contributed by atoms with E-state index in [1.165, 1.54) is 23.1 Å². The molecular formula is C17H20N2O6. The van der Waals surface area contributed by atoms with Gasteiger partial charge in [0.05, 0.1) is 5.92 Å². The first-order chi connectivity index (χ1) is 11.9. The minimum absolute atomic E-state index is 0.157. The molecule has 0 aromatic carbocycles. The molecule has 8 heteroatoms. The molecule has 134 valence electrons. The summed E-state index contributed by atoms with van der Waals surface area (Å²) in [5, 5.41) is 19.0. The third kappa shape index (κ3) is 3.38. The molecule has 1 saturated carbocycles. The molecule has 0 radical (unpaired) electrons. The molecular weight excluding hydrogens is 328 g/mol. The summed E-state index contributed by atoms with van der Waals surface area (Å²) < 4.78 is 0.685. The monoisotopic (exact) mass is 348 g/mol. The van der Waals surface area contributed by atoms with E-state index >= 15 is 0 Å². The molecule has 0 unspecified atom stereocenters. The van der Waals surface area contributed by atoms with Crippen LogP contribution in [-0.4, -0.2) is 44.2 Å². The highest BCUT2D eigenvalue weighted by Gasteiger charge is 2.34. The third-order valence-corrected chi connectivity index (χ3v) is 4.79. The van der Waals surface area contributed by atoms with Gasteiger partial charge in [-0.1, -0.05) is 0 Å². The van der Waals surface area contributed by atoms with Gasteiger partial charge in [-0.05, 0) is 38.5 Å². The summed E-state index contributed by atoms with van der Waals surface area (Å²) in [4.78, 5) is 42.2. The molecule has 2 heterocycles. The summed E-state index contributed by atoms with van der Waals surface area (Å²) in [5.41, 5.74) is 0.452. The zero-order valence-electron chi connectivity index (χ0n) is 13.8. The van der Waals surface area contributed by atoms with Gasteiger partial charge in [0.2, 0.25) is 11.8 Å². The van der Waals surface area contributed by atoms with Gasteiger partial charge in [-0.2, -0.15) is 0 Å². The quantitative estimate of drug-likeness (QED) is 0.785. The summed E-state index contributed by atoms with van der Waals surface area (Å²) in [6.45, 7) is 1.99. The number of hydrogen-bond donors (Lipinski definition) is 2. The summed E-state index contributed by atoms with van der Waals surface area (Å²) in [5.74, 6) is -1.94. The molecule has 1 aromatic heterocycles. The Kier molecular flexibility index (Phi) is 4.52. The van der Waals surface area contributed by atoms with E-state index in [2.05, 4.69) is 0 Å². The largest absolute Gasteiger partial charge is 0.492 e. The van der Waals surface area contributed by atoms with Crippen molar-refractivity contribution in [1.29, 1.82) is 0 Å². The van der Waals surface area contributed by atoms with E-state index in [-0.39, 0.29) is 35.4 Å². The topological polar surface area (TPSA) is 109 Å². The molecule has 1 aromatic rings. The molecule has 2 N–H and O–H groups in total. The number of rotatable bonds is 4. The van der Waals surface area contributed by atoms with Crippen molar-refractivity contribution >= 4 is 17.8 Å². The summed E-state index contributed by atoms with van der Waals surface area (Å²) in [6, 6.07) is 2.44. The first kappa shape index (κ1) is 17.1. The van der Waals surface area contributed by atoms with Crippen LogP contribution in [0, 0.1) is 11.8 Å². The van der Waals surface area contributed by atoms with E-state index in [9.17, 15) is 24.6 Å². The van der Waals surface area contributed by atoms with Crippen LogP contribution in [-0.2, 0) is 14.4 Å². The first-order valence-electron chi connectivity index (χ1n) is 8.22. The third-order valence-electron chi connectivity index (χ3n) is 4.79. The lowest BCUT2D eigenvalue weighted by Crippen LogP contribution is -2.38. The fourth-order valence-electron chi connectivity index (χ4n) is 3.31. The van der Waals surface area contributed by atoms with E-state index in [1.54, 1.807) is 6.92 Å². The molecule has 3 rings (SSSR count). The van der Waals surface area contributed by atoms with Gasteiger partial charge in [0.25, 0.3) is 11.8 Å². The second-order valence-electron chi connectivity index (χ2n) is 6.55. The maximum absolute atomic E-state index is 12.2. The molecule has 0 bridgehead atoms. The van der Waals surface area contributed by atoms with Crippen LogP contribution in [0.4, 0.5) is 0 Å². The fraction of sp³-hybridized carbons (Fsp3) is 0.471.